The fourth-order valence-corrected chi connectivity index (χ4v) is 7.45. The zero-order valence-electron chi connectivity index (χ0n) is 36.6. The van der Waals surface area contributed by atoms with Gasteiger partial charge < -0.3 is 28.4 Å². The highest BCUT2D eigenvalue weighted by molar-refractivity contribution is 6.68. The van der Waals surface area contributed by atoms with Gasteiger partial charge in [0.15, 0.2) is 0 Å². The smallest absolute Gasteiger partial charge is 0.338 e. The van der Waals surface area contributed by atoms with Crippen molar-refractivity contribution in [2.24, 2.45) is 0 Å². The summed E-state index contributed by atoms with van der Waals surface area (Å²) >= 11 is 35.0. The summed E-state index contributed by atoms with van der Waals surface area (Å²) in [6.07, 6.45) is -2.38. The Morgan fingerprint density at radius 2 is 0.543 bits per heavy atom. The molecule has 0 aliphatic rings. The van der Waals surface area contributed by atoms with Crippen LogP contribution in [-0.4, -0.2) is 89.4 Å². The summed E-state index contributed by atoms with van der Waals surface area (Å²) in [5, 5.41) is -1.95. The molecular weight excluding hydrogens is 1030 g/mol. The van der Waals surface area contributed by atoms with Crippen molar-refractivity contribution in [2.75, 3.05) is 37.5 Å². The van der Waals surface area contributed by atoms with Gasteiger partial charge in [0.2, 0.25) is 0 Å². The van der Waals surface area contributed by atoms with Gasteiger partial charge in [-0.1, -0.05) is 36.4 Å². The van der Waals surface area contributed by atoms with E-state index in [0.29, 0.717) is 17.2 Å². The Kier molecular flexibility index (Phi) is 19.9. The molecule has 362 valence electrons. The molecule has 3 unspecified atom stereocenters. The first-order chi connectivity index (χ1) is 33.7. The Bertz CT molecular complexity index is 2430. The van der Waals surface area contributed by atoms with Crippen LogP contribution in [0, 0.1) is 0 Å². The van der Waals surface area contributed by atoms with Gasteiger partial charge in [-0.25, -0.2) is 14.4 Å². The number of carbonyl (C=O) groups is 6. The molecule has 0 radical (unpaired) electrons. The van der Waals surface area contributed by atoms with Crippen LogP contribution in [-0.2, 0) is 14.2 Å². The van der Waals surface area contributed by atoms with Gasteiger partial charge in [0, 0.05) is 22.6 Å². The predicted octanol–water partition coefficient (Wildman–Crippen LogP) is 11.5. The first-order valence-corrected chi connectivity index (χ1v) is 23.9. The maximum absolute atomic E-state index is 12.8. The molecule has 0 aromatic heterocycles. The molecule has 0 fully saturated rings. The van der Waals surface area contributed by atoms with Crippen LogP contribution in [0.2, 0.25) is 0 Å². The molecule has 6 rings (SSSR count). The molecule has 0 spiro atoms. The van der Waals surface area contributed by atoms with E-state index in [-0.39, 0.29) is 76.8 Å². The third-order valence-electron chi connectivity index (χ3n) is 10.3. The van der Waals surface area contributed by atoms with Crippen LogP contribution >= 0.6 is 69.6 Å². The first-order valence-electron chi connectivity index (χ1n) is 21.1. The van der Waals surface area contributed by atoms with Crippen LogP contribution in [0.15, 0.2) is 146 Å². The minimum atomic E-state index is -0.792. The van der Waals surface area contributed by atoms with E-state index in [1.807, 2.05) is 36.4 Å². The fraction of sp³-hybridized carbons (Fsp3) is 0.192. The number of alkyl halides is 3. The van der Waals surface area contributed by atoms with E-state index < -0.39 is 51.9 Å². The summed E-state index contributed by atoms with van der Waals surface area (Å²) in [4.78, 5) is 72.6. The number of halogens is 6. The minimum absolute atomic E-state index is 0.0410. The predicted molar refractivity (Wildman–Crippen MR) is 266 cm³/mol. The SMILES string of the molecule is O=C(Cl)c1ccc(C(=O)OC(CCl)COc2ccc(C(c3ccc(OCC(CCl)OC(=O)c4ccc(C(=O)Cl)cc4)cc3)c3ccc(OCC(CCl)OC(=O)c4ccc(C(=O)Cl)cc4)cc3)cc2)cc1. The maximum Gasteiger partial charge on any atom is 0.338 e. The number of ether oxygens (including phenoxy) is 6. The minimum Gasteiger partial charge on any atom is -0.490 e. The monoisotopic (exact) mass is 1070 g/mol. The van der Waals surface area contributed by atoms with Gasteiger partial charge in [0.1, 0.15) is 55.4 Å². The third kappa shape index (κ3) is 15.2. The Morgan fingerprint density at radius 3 is 0.743 bits per heavy atom. The highest BCUT2D eigenvalue weighted by Gasteiger charge is 2.22. The van der Waals surface area contributed by atoms with E-state index in [2.05, 4.69) is 0 Å². The van der Waals surface area contributed by atoms with Crippen LogP contribution < -0.4 is 14.2 Å². The molecule has 0 saturated heterocycles. The van der Waals surface area contributed by atoms with Crippen molar-refractivity contribution in [3.63, 3.8) is 0 Å². The Balaban J connectivity index is 1.14. The summed E-state index contributed by atoms with van der Waals surface area (Å²) in [5.41, 5.74) is 3.99. The summed E-state index contributed by atoms with van der Waals surface area (Å²) in [5.74, 6) is -0.928. The Hall–Kier alpha value is -6.12. The van der Waals surface area contributed by atoms with E-state index >= 15 is 0 Å². The summed E-state index contributed by atoms with van der Waals surface area (Å²) < 4.78 is 34.6. The lowest BCUT2D eigenvalue weighted by atomic mass is 9.85. The molecule has 6 aromatic carbocycles. The summed E-state index contributed by atoms with van der Waals surface area (Å²) in [6, 6.07) is 39.2. The Labute approximate surface area is 432 Å². The second kappa shape index (κ2) is 26.2. The maximum atomic E-state index is 12.8. The van der Waals surface area contributed by atoms with Crippen molar-refractivity contribution < 1.29 is 57.2 Å². The van der Waals surface area contributed by atoms with E-state index in [0.717, 1.165) is 16.7 Å². The molecular formula is C52H40Cl6O12. The van der Waals surface area contributed by atoms with Gasteiger partial charge in [-0.2, -0.15) is 0 Å². The van der Waals surface area contributed by atoms with Gasteiger partial charge in [-0.3, -0.25) is 14.4 Å². The second-order valence-electron chi connectivity index (χ2n) is 15.2. The quantitative estimate of drug-likeness (QED) is 0.0186. The summed E-state index contributed by atoms with van der Waals surface area (Å²) in [7, 11) is 0. The van der Waals surface area contributed by atoms with Crippen molar-refractivity contribution in [1.29, 1.82) is 0 Å². The van der Waals surface area contributed by atoms with Crippen molar-refractivity contribution in [3.8, 4) is 17.2 Å². The van der Waals surface area contributed by atoms with Crippen LogP contribution in [0.25, 0.3) is 0 Å². The van der Waals surface area contributed by atoms with Gasteiger partial charge >= 0.3 is 17.9 Å². The standard InChI is InChI=1S/C52H40Cl6O12/c53-25-43(68-50(62)37-7-1-34(2-8-37)47(56)59)28-65-40-19-13-31(14-20-40)46(32-15-21-41(22-16-32)66-29-44(26-54)69-51(63)38-9-3-35(4-10-38)48(57)60)33-17-23-42(24-18-33)67-30-45(27-55)70-52(64)39-11-5-36(6-12-39)49(58)61/h1-24,43-46H,25-30H2. The van der Waals surface area contributed by atoms with E-state index in [4.69, 9.17) is 98.0 Å². The molecule has 0 aliphatic carbocycles. The van der Waals surface area contributed by atoms with Crippen molar-refractivity contribution in [3.05, 3.63) is 196 Å². The van der Waals surface area contributed by atoms with E-state index in [1.54, 1.807) is 36.4 Å². The molecule has 0 N–H and O–H groups in total. The van der Waals surface area contributed by atoms with Crippen LogP contribution in [0.1, 0.15) is 84.8 Å². The number of hydrogen-bond donors (Lipinski definition) is 0. The lowest BCUT2D eigenvalue weighted by molar-refractivity contribution is 0.0230. The zero-order valence-corrected chi connectivity index (χ0v) is 41.1. The number of rotatable bonds is 24. The normalized spacial score (nSPS) is 12.6. The lowest BCUT2D eigenvalue weighted by Gasteiger charge is -2.21. The highest BCUT2D eigenvalue weighted by atomic mass is 35.5. The Morgan fingerprint density at radius 1 is 0.329 bits per heavy atom. The molecule has 12 nitrogen and oxygen atoms in total. The summed E-state index contributed by atoms with van der Waals surface area (Å²) in [6.45, 7) is -0.124. The van der Waals surface area contributed by atoms with Gasteiger partial charge in [0.25, 0.3) is 15.7 Å². The largest absolute Gasteiger partial charge is 0.490 e. The average molecular weight is 1070 g/mol. The average Bonchev–Trinajstić information content (AvgIpc) is 3.38. The number of carbonyl (C=O) groups excluding carboxylic acids is 6. The molecule has 0 amide bonds. The van der Waals surface area contributed by atoms with Crippen LogP contribution in [0.4, 0.5) is 0 Å². The van der Waals surface area contributed by atoms with Crippen molar-refractivity contribution in [1.82, 2.24) is 0 Å². The number of benzene rings is 6. The van der Waals surface area contributed by atoms with Gasteiger partial charge in [-0.15, -0.1) is 34.8 Å². The first kappa shape index (κ1) is 53.2. The van der Waals surface area contributed by atoms with E-state index in [9.17, 15) is 28.8 Å². The molecule has 0 heterocycles. The second-order valence-corrected chi connectivity index (χ2v) is 17.1. The molecule has 6 aromatic rings. The molecule has 70 heavy (non-hydrogen) atoms. The molecule has 0 aliphatic heterocycles. The number of esters is 3. The molecule has 0 saturated carbocycles. The van der Waals surface area contributed by atoms with Crippen molar-refractivity contribution in [2.45, 2.75) is 24.2 Å². The fourth-order valence-electron chi connectivity index (χ4n) is 6.61. The van der Waals surface area contributed by atoms with Gasteiger partial charge in [-0.05, 0) is 161 Å². The van der Waals surface area contributed by atoms with Crippen LogP contribution in [0.3, 0.4) is 0 Å². The molecule has 3 atom stereocenters. The molecule has 0 bridgehead atoms. The third-order valence-corrected chi connectivity index (χ3v) is 12.0. The molecule has 18 heteroatoms. The van der Waals surface area contributed by atoms with Crippen molar-refractivity contribution >= 4 is 103 Å². The van der Waals surface area contributed by atoms with E-state index in [1.165, 1.54) is 72.8 Å². The topological polar surface area (TPSA) is 158 Å². The highest BCUT2D eigenvalue weighted by Crippen LogP contribution is 2.35. The van der Waals surface area contributed by atoms with Gasteiger partial charge in [0.05, 0.1) is 34.3 Å². The number of hydrogen-bond acceptors (Lipinski definition) is 12. The lowest BCUT2D eigenvalue weighted by Crippen LogP contribution is -2.27. The van der Waals surface area contributed by atoms with Crippen LogP contribution in [0.5, 0.6) is 17.2 Å². The zero-order chi connectivity index (χ0) is 50.2.